The number of aromatic amines is 1. The lowest BCUT2D eigenvalue weighted by molar-refractivity contribution is 0.483. The van der Waals surface area contributed by atoms with Gasteiger partial charge in [0.15, 0.2) is 0 Å². The van der Waals surface area contributed by atoms with Crippen LogP contribution in [0.1, 0.15) is 0 Å². The van der Waals surface area contributed by atoms with Crippen LogP contribution in [0.25, 0.3) is 21.8 Å². The van der Waals surface area contributed by atoms with Gasteiger partial charge in [0.25, 0.3) is 0 Å². The van der Waals surface area contributed by atoms with Crippen LogP contribution in [0.5, 0.6) is 23.0 Å². The monoisotopic (exact) mass is 351 g/mol. The maximum atomic E-state index is 5.99. The van der Waals surface area contributed by atoms with Crippen molar-refractivity contribution < 1.29 is 9.47 Å². The summed E-state index contributed by atoms with van der Waals surface area (Å²) in [7, 11) is 0. The van der Waals surface area contributed by atoms with Gasteiger partial charge in [0.2, 0.25) is 0 Å². The van der Waals surface area contributed by atoms with Crippen molar-refractivity contribution in [2.24, 2.45) is 0 Å². The Bertz CT molecular complexity index is 1120. The van der Waals surface area contributed by atoms with Crippen LogP contribution in [0, 0.1) is 0 Å². The molecule has 0 aliphatic carbocycles. The quantitative estimate of drug-likeness (QED) is 0.382. The lowest BCUT2D eigenvalue weighted by atomic mass is 10.1. The lowest BCUT2D eigenvalue weighted by Crippen LogP contribution is -1.84. The Balaban J connectivity index is 1.54. The van der Waals surface area contributed by atoms with Crippen LogP contribution in [-0.4, -0.2) is 4.98 Å². The Hall–Kier alpha value is -3.72. The highest BCUT2D eigenvalue weighted by atomic mass is 16.5. The van der Waals surface area contributed by atoms with Gasteiger partial charge in [-0.2, -0.15) is 0 Å². The summed E-state index contributed by atoms with van der Waals surface area (Å²) >= 11 is 0. The van der Waals surface area contributed by atoms with E-state index in [-0.39, 0.29) is 0 Å². The molecule has 0 saturated heterocycles. The van der Waals surface area contributed by atoms with Gasteiger partial charge < -0.3 is 14.5 Å². The van der Waals surface area contributed by atoms with Crippen LogP contribution in [0.4, 0.5) is 0 Å². The molecule has 5 aromatic rings. The number of benzene rings is 4. The van der Waals surface area contributed by atoms with Gasteiger partial charge in [0.05, 0.1) is 0 Å². The Kier molecular flexibility index (Phi) is 3.76. The normalized spacial score (nSPS) is 11.0. The molecule has 3 heteroatoms. The molecule has 0 radical (unpaired) electrons. The minimum absolute atomic E-state index is 0.809. The molecule has 5 rings (SSSR count). The predicted octanol–water partition coefficient (Wildman–Crippen LogP) is 6.91. The fraction of sp³-hybridized carbons (Fsp3) is 0. The molecule has 27 heavy (non-hydrogen) atoms. The summed E-state index contributed by atoms with van der Waals surface area (Å²) in [5.74, 6) is 3.27. The first kappa shape index (κ1) is 15.5. The van der Waals surface area contributed by atoms with Gasteiger partial charge in [-0.05, 0) is 60.7 Å². The van der Waals surface area contributed by atoms with Crippen molar-refractivity contribution in [2.45, 2.75) is 0 Å². The standard InChI is InChI=1S/C24H17NO2/c1-3-7-17(8-4-1)26-19-11-13-23-21(15-19)22-16-20(12-14-24(22)25-23)27-18-9-5-2-6-10-18/h1-16,25H. The molecule has 1 aromatic heterocycles. The zero-order valence-electron chi connectivity index (χ0n) is 14.6. The third-order valence-electron chi connectivity index (χ3n) is 4.50. The van der Waals surface area contributed by atoms with E-state index in [1.165, 1.54) is 0 Å². The predicted molar refractivity (Wildman–Crippen MR) is 109 cm³/mol. The number of nitrogens with one attached hydrogen (secondary N) is 1. The third kappa shape index (κ3) is 3.11. The molecule has 4 aromatic carbocycles. The van der Waals surface area contributed by atoms with Crippen molar-refractivity contribution in [1.82, 2.24) is 4.98 Å². The molecule has 0 aliphatic heterocycles. The average Bonchev–Trinajstić information content (AvgIpc) is 3.07. The number of ether oxygens (including phenoxy) is 2. The smallest absolute Gasteiger partial charge is 0.128 e. The molecule has 1 heterocycles. The zero-order chi connectivity index (χ0) is 18.1. The van der Waals surface area contributed by atoms with Crippen molar-refractivity contribution in [3.63, 3.8) is 0 Å². The van der Waals surface area contributed by atoms with Crippen LogP contribution in [0.2, 0.25) is 0 Å². The topological polar surface area (TPSA) is 34.2 Å². The van der Waals surface area contributed by atoms with Gasteiger partial charge in [-0.3, -0.25) is 0 Å². The number of rotatable bonds is 4. The van der Waals surface area contributed by atoms with Crippen molar-refractivity contribution in [3.8, 4) is 23.0 Å². The van der Waals surface area contributed by atoms with Crippen LogP contribution in [0.3, 0.4) is 0 Å². The Morgan fingerprint density at radius 2 is 0.889 bits per heavy atom. The SMILES string of the molecule is c1ccc(Oc2ccc3[nH]c4ccc(Oc5ccccc5)cc4c3c2)cc1. The number of hydrogen-bond donors (Lipinski definition) is 1. The van der Waals surface area contributed by atoms with Crippen LogP contribution < -0.4 is 9.47 Å². The average molecular weight is 351 g/mol. The third-order valence-corrected chi connectivity index (χ3v) is 4.50. The largest absolute Gasteiger partial charge is 0.457 e. The van der Waals surface area contributed by atoms with Gasteiger partial charge in [-0.25, -0.2) is 0 Å². The first-order chi connectivity index (χ1) is 13.3. The summed E-state index contributed by atoms with van der Waals surface area (Å²) in [5, 5.41) is 2.22. The molecule has 0 fully saturated rings. The van der Waals surface area contributed by atoms with Crippen molar-refractivity contribution >= 4 is 21.8 Å². The second-order valence-electron chi connectivity index (χ2n) is 6.37. The van der Waals surface area contributed by atoms with E-state index in [2.05, 4.69) is 17.1 Å². The van der Waals surface area contributed by atoms with E-state index >= 15 is 0 Å². The highest BCUT2D eigenvalue weighted by molar-refractivity contribution is 6.08. The summed E-state index contributed by atoms with van der Waals surface area (Å²) in [6.07, 6.45) is 0. The molecule has 0 amide bonds. The summed E-state index contributed by atoms with van der Waals surface area (Å²) < 4.78 is 12.0. The Labute approximate surface area is 156 Å². The maximum absolute atomic E-state index is 5.99. The minimum Gasteiger partial charge on any atom is -0.457 e. The number of para-hydroxylation sites is 2. The van der Waals surface area contributed by atoms with E-state index in [1.54, 1.807) is 0 Å². The zero-order valence-corrected chi connectivity index (χ0v) is 14.6. The molecule has 1 N–H and O–H groups in total. The summed E-state index contributed by atoms with van der Waals surface area (Å²) in [5.41, 5.74) is 2.14. The molecule has 0 saturated carbocycles. The van der Waals surface area contributed by atoms with Gasteiger partial charge in [0.1, 0.15) is 23.0 Å². The van der Waals surface area contributed by atoms with Gasteiger partial charge in [0, 0.05) is 21.8 Å². The molecule has 130 valence electrons. The number of H-pyrrole nitrogens is 1. The highest BCUT2D eigenvalue weighted by Gasteiger charge is 2.08. The second-order valence-corrected chi connectivity index (χ2v) is 6.37. The first-order valence-electron chi connectivity index (χ1n) is 8.86. The Morgan fingerprint density at radius 3 is 1.33 bits per heavy atom. The Morgan fingerprint density at radius 1 is 0.444 bits per heavy atom. The van der Waals surface area contributed by atoms with E-state index in [9.17, 15) is 0 Å². The van der Waals surface area contributed by atoms with E-state index < -0.39 is 0 Å². The summed E-state index contributed by atoms with van der Waals surface area (Å²) in [4.78, 5) is 3.45. The van der Waals surface area contributed by atoms with Crippen LogP contribution >= 0.6 is 0 Å². The maximum Gasteiger partial charge on any atom is 0.128 e. The fourth-order valence-corrected chi connectivity index (χ4v) is 3.23. The number of aromatic nitrogens is 1. The summed E-state index contributed by atoms with van der Waals surface area (Å²) in [6.45, 7) is 0. The van der Waals surface area contributed by atoms with Crippen molar-refractivity contribution in [2.75, 3.05) is 0 Å². The van der Waals surface area contributed by atoms with Crippen LogP contribution in [-0.2, 0) is 0 Å². The van der Waals surface area contributed by atoms with E-state index in [0.29, 0.717) is 0 Å². The molecule has 0 bridgehead atoms. The molecule has 3 nitrogen and oxygen atoms in total. The molecule has 0 unspecified atom stereocenters. The van der Waals surface area contributed by atoms with Gasteiger partial charge in [-0.1, -0.05) is 36.4 Å². The molecular formula is C24H17NO2. The van der Waals surface area contributed by atoms with Crippen LogP contribution in [0.15, 0.2) is 97.1 Å². The van der Waals surface area contributed by atoms with Gasteiger partial charge in [-0.15, -0.1) is 0 Å². The van der Waals surface area contributed by atoms with E-state index in [1.807, 2.05) is 84.9 Å². The second kappa shape index (κ2) is 6.54. The van der Waals surface area contributed by atoms with E-state index in [4.69, 9.17) is 9.47 Å². The number of fused-ring (bicyclic) bond motifs is 3. The molecule has 0 spiro atoms. The molecule has 0 aliphatic rings. The first-order valence-corrected chi connectivity index (χ1v) is 8.86. The molecular weight excluding hydrogens is 334 g/mol. The highest BCUT2D eigenvalue weighted by Crippen LogP contribution is 2.33. The summed E-state index contributed by atoms with van der Waals surface area (Å²) in [6, 6.07) is 31.8. The minimum atomic E-state index is 0.809. The lowest BCUT2D eigenvalue weighted by Gasteiger charge is -2.06. The van der Waals surface area contributed by atoms with Crippen molar-refractivity contribution in [1.29, 1.82) is 0 Å². The van der Waals surface area contributed by atoms with Crippen molar-refractivity contribution in [3.05, 3.63) is 97.1 Å². The van der Waals surface area contributed by atoms with E-state index in [0.717, 1.165) is 44.8 Å². The number of hydrogen-bond acceptors (Lipinski definition) is 2. The fourth-order valence-electron chi connectivity index (χ4n) is 3.23. The van der Waals surface area contributed by atoms with Gasteiger partial charge >= 0.3 is 0 Å². The molecule has 0 atom stereocenters.